The van der Waals surface area contributed by atoms with Crippen LogP contribution in [-0.4, -0.2) is 23.8 Å². The number of rotatable bonds is 13. The fourth-order valence-corrected chi connectivity index (χ4v) is 3.25. The van der Waals surface area contributed by atoms with Crippen molar-refractivity contribution in [3.05, 3.63) is 96.3 Å². The van der Waals surface area contributed by atoms with Gasteiger partial charge in [-0.15, -0.1) is 0 Å². The Kier molecular flexibility index (Phi) is 9.48. The van der Waals surface area contributed by atoms with Gasteiger partial charge in [0, 0.05) is 12.3 Å². The molecule has 3 rings (SSSR count). The molecule has 1 radical (unpaired) electrons. The zero-order valence-corrected chi connectivity index (χ0v) is 19.6. The van der Waals surface area contributed by atoms with E-state index in [2.05, 4.69) is 10.6 Å². The van der Waals surface area contributed by atoms with E-state index in [0.29, 0.717) is 18.1 Å². The maximum absolute atomic E-state index is 12.9. The standard InChI is InChI=1S/C27H30N3O5/c1-19(26(28)32)9-14-25(31)30-24(27(33)29-17-23-8-5-15-34-23)16-20-10-12-22(13-11-20)35-18-21-6-3-2-4-7-21/h2-8,10-15,19,24H,9,16-18H2,1H3,(H2,28,32)(H,29,33)(H,30,31). The molecular weight excluding hydrogens is 446 g/mol. The number of carbonyl (C=O) groups excluding carboxylic acids is 3. The third-order valence-electron chi connectivity index (χ3n) is 5.40. The van der Waals surface area contributed by atoms with Crippen LogP contribution in [0.4, 0.5) is 0 Å². The molecule has 2 aromatic carbocycles. The lowest BCUT2D eigenvalue weighted by Crippen LogP contribution is -2.48. The number of nitrogens with one attached hydrogen (secondary N) is 2. The van der Waals surface area contributed by atoms with Gasteiger partial charge in [-0.05, 0) is 41.8 Å². The Balaban J connectivity index is 1.60. The lowest BCUT2D eigenvalue weighted by molar-refractivity contribution is -0.128. The van der Waals surface area contributed by atoms with E-state index in [1.165, 1.54) is 12.7 Å². The van der Waals surface area contributed by atoms with Gasteiger partial charge in [0.2, 0.25) is 17.7 Å². The Bertz CT molecular complexity index is 1080. The Morgan fingerprint density at radius 3 is 2.40 bits per heavy atom. The van der Waals surface area contributed by atoms with E-state index in [-0.39, 0.29) is 25.3 Å². The van der Waals surface area contributed by atoms with Crippen LogP contribution in [0.5, 0.6) is 5.75 Å². The fraction of sp³-hybridized carbons (Fsp3) is 0.259. The SMILES string of the molecule is CC(C[CH]C(=O)NC(Cc1ccc(OCc2ccccc2)cc1)C(=O)NCc1ccco1)C(N)=O. The van der Waals surface area contributed by atoms with Gasteiger partial charge in [-0.1, -0.05) is 49.4 Å². The molecular formula is C27H30N3O5. The first-order valence-electron chi connectivity index (χ1n) is 11.4. The second-order valence-corrected chi connectivity index (χ2v) is 8.22. The third kappa shape index (κ3) is 8.66. The maximum Gasteiger partial charge on any atom is 0.243 e. The van der Waals surface area contributed by atoms with Crippen LogP contribution in [-0.2, 0) is 34.0 Å². The number of hydrogen-bond donors (Lipinski definition) is 3. The van der Waals surface area contributed by atoms with Crippen molar-refractivity contribution >= 4 is 17.7 Å². The van der Waals surface area contributed by atoms with E-state index >= 15 is 0 Å². The number of nitrogens with two attached hydrogens (primary N) is 1. The van der Waals surface area contributed by atoms with Gasteiger partial charge in [0.25, 0.3) is 0 Å². The number of amides is 3. The Morgan fingerprint density at radius 2 is 1.74 bits per heavy atom. The van der Waals surface area contributed by atoms with Crippen molar-refractivity contribution in [1.29, 1.82) is 0 Å². The summed E-state index contributed by atoms with van der Waals surface area (Å²) in [4.78, 5) is 36.5. The first-order valence-corrected chi connectivity index (χ1v) is 11.4. The molecule has 0 saturated heterocycles. The fourth-order valence-electron chi connectivity index (χ4n) is 3.25. The van der Waals surface area contributed by atoms with Crippen LogP contribution < -0.4 is 21.1 Å². The highest BCUT2D eigenvalue weighted by Crippen LogP contribution is 2.16. The van der Waals surface area contributed by atoms with E-state index in [9.17, 15) is 14.4 Å². The van der Waals surface area contributed by atoms with E-state index in [1.807, 2.05) is 54.6 Å². The zero-order chi connectivity index (χ0) is 25.0. The number of carbonyl (C=O) groups is 3. The number of primary amides is 1. The summed E-state index contributed by atoms with van der Waals surface area (Å²) >= 11 is 0. The summed E-state index contributed by atoms with van der Waals surface area (Å²) in [5.41, 5.74) is 7.17. The van der Waals surface area contributed by atoms with Gasteiger partial charge < -0.3 is 25.5 Å². The quantitative estimate of drug-likeness (QED) is 0.350. The van der Waals surface area contributed by atoms with Crippen LogP contribution in [0.1, 0.15) is 30.2 Å². The van der Waals surface area contributed by atoms with Crippen LogP contribution in [0, 0.1) is 12.3 Å². The van der Waals surface area contributed by atoms with Crippen LogP contribution in [0.25, 0.3) is 0 Å². The van der Waals surface area contributed by atoms with Crippen molar-refractivity contribution in [3.63, 3.8) is 0 Å². The molecule has 8 nitrogen and oxygen atoms in total. The zero-order valence-electron chi connectivity index (χ0n) is 19.6. The predicted octanol–water partition coefficient (Wildman–Crippen LogP) is 2.92. The summed E-state index contributed by atoms with van der Waals surface area (Å²) < 4.78 is 11.1. The van der Waals surface area contributed by atoms with Crippen molar-refractivity contribution in [2.75, 3.05) is 0 Å². The molecule has 35 heavy (non-hydrogen) atoms. The molecule has 0 aliphatic carbocycles. The highest BCUT2D eigenvalue weighted by molar-refractivity contribution is 5.91. The maximum atomic E-state index is 12.9. The van der Waals surface area contributed by atoms with Crippen molar-refractivity contribution in [1.82, 2.24) is 10.6 Å². The normalized spacial score (nSPS) is 12.4. The lowest BCUT2D eigenvalue weighted by Gasteiger charge is -2.19. The van der Waals surface area contributed by atoms with E-state index in [4.69, 9.17) is 14.9 Å². The van der Waals surface area contributed by atoms with Crippen molar-refractivity contribution in [3.8, 4) is 5.75 Å². The largest absolute Gasteiger partial charge is 0.489 e. The van der Waals surface area contributed by atoms with Crippen LogP contribution >= 0.6 is 0 Å². The number of furan rings is 1. The summed E-state index contributed by atoms with van der Waals surface area (Å²) in [5, 5.41) is 5.51. The number of hydrogen-bond acceptors (Lipinski definition) is 5. The second-order valence-electron chi connectivity index (χ2n) is 8.22. The smallest absolute Gasteiger partial charge is 0.243 e. The van der Waals surface area contributed by atoms with Crippen molar-refractivity contribution in [2.24, 2.45) is 11.7 Å². The summed E-state index contributed by atoms with van der Waals surface area (Å²) in [6, 6.07) is 19.9. The molecule has 0 bridgehead atoms. The van der Waals surface area contributed by atoms with Crippen LogP contribution in [0.15, 0.2) is 77.4 Å². The topological polar surface area (TPSA) is 124 Å². The average Bonchev–Trinajstić information content (AvgIpc) is 3.39. The molecule has 0 spiro atoms. The van der Waals surface area contributed by atoms with Gasteiger partial charge >= 0.3 is 0 Å². The average molecular weight is 477 g/mol. The van der Waals surface area contributed by atoms with Gasteiger partial charge in [-0.3, -0.25) is 14.4 Å². The molecule has 0 fully saturated rings. The molecule has 1 aromatic heterocycles. The van der Waals surface area contributed by atoms with Crippen molar-refractivity contribution < 1.29 is 23.5 Å². The van der Waals surface area contributed by atoms with E-state index in [0.717, 1.165) is 11.1 Å². The molecule has 2 unspecified atom stereocenters. The molecule has 8 heteroatoms. The Morgan fingerprint density at radius 1 is 1.00 bits per heavy atom. The number of benzene rings is 2. The molecule has 4 N–H and O–H groups in total. The summed E-state index contributed by atoms with van der Waals surface area (Å²) in [6.45, 7) is 2.29. The van der Waals surface area contributed by atoms with Gasteiger partial charge in [-0.25, -0.2) is 0 Å². The highest BCUT2D eigenvalue weighted by Gasteiger charge is 2.22. The molecule has 3 amide bonds. The Labute approximate surface area is 204 Å². The number of ether oxygens (including phenoxy) is 1. The summed E-state index contributed by atoms with van der Waals surface area (Å²) in [7, 11) is 0. The van der Waals surface area contributed by atoms with Crippen LogP contribution in [0.3, 0.4) is 0 Å². The van der Waals surface area contributed by atoms with E-state index < -0.39 is 23.8 Å². The monoisotopic (exact) mass is 476 g/mol. The van der Waals surface area contributed by atoms with E-state index in [1.54, 1.807) is 19.1 Å². The second kappa shape index (κ2) is 13.0. The first kappa shape index (κ1) is 25.6. The molecule has 0 saturated carbocycles. The molecule has 3 aromatic rings. The summed E-state index contributed by atoms with van der Waals surface area (Å²) in [6.07, 6.45) is 3.32. The minimum Gasteiger partial charge on any atom is -0.489 e. The first-order chi connectivity index (χ1) is 16.9. The van der Waals surface area contributed by atoms with Crippen molar-refractivity contribution in [2.45, 2.75) is 39.0 Å². The summed E-state index contributed by atoms with van der Waals surface area (Å²) in [5.74, 6) is -0.458. The lowest BCUT2D eigenvalue weighted by atomic mass is 10.0. The van der Waals surface area contributed by atoms with Gasteiger partial charge in [0.05, 0.1) is 19.2 Å². The van der Waals surface area contributed by atoms with Gasteiger partial charge in [-0.2, -0.15) is 0 Å². The van der Waals surface area contributed by atoms with Gasteiger partial charge in [0.15, 0.2) is 0 Å². The molecule has 0 aliphatic heterocycles. The Hall–Kier alpha value is -4.07. The molecule has 2 atom stereocenters. The molecule has 0 aliphatic rings. The minimum absolute atomic E-state index is 0.190. The predicted molar refractivity (Wildman–Crippen MR) is 131 cm³/mol. The molecule has 1 heterocycles. The van der Waals surface area contributed by atoms with Gasteiger partial charge in [0.1, 0.15) is 24.2 Å². The third-order valence-corrected chi connectivity index (χ3v) is 5.40. The van der Waals surface area contributed by atoms with Crippen LogP contribution in [0.2, 0.25) is 0 Å². The molecule has 183 valence electrons. The minimum atomic E-state index is -0.825. The highest BCUT2D eigenvalue weighted by atomic mass is 16.5.